The maximum atomic E-state index is 13.9. The fourth-order valence-electron chi connectivity index (χ4n) is 7.54. The van der Waals surface area contributed by atoms with E-state index in [2.05, 4.69) is 15.7 Å². The molecule has 0 radical (unpaired) electrons. The van der Waals surface area contributed by atoms with Crippen LogP contribution in [0.3, 0.4) is 0 Å². The van der Waals surface area contributed by atoms with Gasteiger partial charge in [0.1, 0.15) is 11.9 Å². The van der Waals surface area contributed by atoms with Gasteiger partial charge in [0.2, 0.25) is 17.7 Å². The first kappa shape index (κ1) is 29.8. The minimum absolute atomic E-state index is 0.0605. The molecule has 4 heterocycles. The van der Waals surface area contributed by atoms with Gasteiger partial charge < -0.3 is 10.2 Å². The molecule has 1 unspecified atom stereocenters. The van der Waals surface area contributed by atoms with Gasteiger partial charge >= 0.3 is 0 Å². The number of anilines is 1. The quantitative estimate of drug-likeness (QED) is 0.382. The third-order valence-corrected chi connectivity index (χ3v) is 10.00. The minimum Gasteiger partial charge on any atom is -0.380 e. The van der Waals surface area contributed by atoms with E-state index in [4.69, 9.17) is 0 Å². The normalized spacial score (nSPS) is 21.5. The first-order valence-electron chi connectivity index (χ1n) is 15.9. The predicted molar refractivity (Wildman–Crippen MR) is 164 cm³/mol. The average Bonchev–Trinajstić information content (AvgIpc) is 3.81. The van der Waals surface area contributed by atoms with Crippen LogP contribution < -0.4 is 10.6 Å². The molecule has 2 aromatic carbocycles. The van der Waals surface area contributed by atoms with Crippen LogP contribution in [0.2, 0.25) is 0 Å². The Labute approximate surface area is 265 Å². The second kappa shape index (κ2) is 11.8. The smallest absolute Gasteiger partial charge is 0.264 e. The molecule has 4 aliphatic rings. The number of piperidine rings is 2. The Morgan fingerprint density at radius 3 is 2.43 bits per heavy atom. The third-order valence-electron chi connectivity index (χ3n) is 10.00. The Hall–Kier alpha value is -4.87. The number of hydrogen-bond acceptors (Lipinski definition) is 7. The summed E-state index contributed by atoms with van der Waals surface area (Å²) in [6.45, 7) is 1.60. The fraction of sp³-hybridized carbons (Fsp3) is 0.412. The van der Waals surface area contributed by atoms with Crippen molar-refractivity contribution in [1.82, 2.24) is 24.9 Å². The molecule has 0 bridgehead atoms. The van der Waals surface area contributed by atoms with Gasteiger partial charge in [0.15, 0.2) is 0 Å². The molecule has 3 aromatic rings. The second-order valence-electron chi connectivity index (χ2n) is 12.7. The largest absolute Gasteiger partial charge is 0.380 e. The highest BCUT2D eigenvalue weighted by Gasteiger charge is 2.47. The summed E-state index contributed by atoms with van der Waals surface area (Å²) in [7, 11) is 0. The lowest BCUT2D eigenvalue weighted by Gasteiger charge is -2.39. The summed E-state index contributed by atoms with van der Waals surface area (Å²) < 4.78 is 15.6. The van der Waals surface area contributed by atoms with Crippen LogP contribution >= 0.6 is 0 Å². The van der Waals surface area contributed by atoms with E-state index in [1.54, 1.807) is 36.5 Å². The number of imide groups is 2. The minimum atomic E-state index is -1.02. The van der Waals surface area contributed by atoms with E-state index in [9.17, 15) is 28.4 Å². The Balaban J connectivity index is 0.984. The lowest BCUT2D eigenvalue weighted by Crippen LogP contribution is -2.54. The summed E-state index contributed by atoms with van der Waals surface area (Å²) >= 11 is 0. The number of carbonyl (C=O) groups is 5. The molecule has 5 amide bonds. The van der Waals surface area contributed by atoms with Crippen molar-refractivity contribution < 1.29 is 28.4 Å². The first-order chi connectivity index (χ1) is 22.2. The molecular formula is C34H35FN6O5. The standard InChI is InChI=1S/C34H35FN6O5/c35-23-8-6-22(7-9-23)34(14-1-2-15-34)33(46)39-16-12-24(13-17-39)40-20-21(19-37-40)18-36-26-5-3-4-25-29(26)32(45)41(31(25)44)27-10-11-28(42)38-30(27)43/h3-9,19-20,24,27,36H,1-2,10-18H2,(H,38,42,43). The Morgan fingerprint density at radius 1 is 0.978 bits per heavy atom. The summed E-state index contributed by atoms with van der Waals surface area (Å²) in [6, 6.07) is 10.5. The summed E-state index contributed by atoms with van der Waals surface area (Å²) in [5.41, 5.74) is 2.12. The zero-order chi connectivity index (χ0) is 32.0. The molecule has 3 fully saturated rings. The molecule has 12 heteroatoms. The Bertz CT molecular complexity index is 1720. The van der Waals surface area contributed by atoms with Crippen molar-refractivity contribution >= 4 is 35.2 Å². The number of nitrogens with zero attached hydrogens (tertiary/aromatic N) is 4. The highest BCUT2D eigenvalue weighted by Crippen LogP contribution is 2.43. The van der Waals surface area contributed by atoms with Crippen molar-refractivity contribution in [2.45, 2.75) is 75.4 Å². The zero-order valence-corrected chi connectivity index (χ0v) is 25.3. The Kier molecular flexibility index (Phi) is 7.66. The van der Waals surface area contributed by atoms with Crippen molar-refractivity contribution in [2.24, 2.45) is 0 Å². The molecule has 1 aliphatic carbocycles. The van der Waals surface area contributed by atoms with Crippen LogP contribution in [0.5, 0.6) is 0 Å². The summed E-state index contributed by atoms with van der Waals surface area (Å²) in [5, 5.41) is 10.1. The number of hydrogen-bond donors (Lipinski definition) is 2. The van der Waals surface area contributed by atoms with Crippen molar-refractivity contribution in [1.29, 1.82) is 0 Å². The van der Waals surface area contributed by atoms with Gasteiger partial charge in [-0.3, -0.25) is 38.9 Å². The van der Waals surface area contributed by atoms with Crippen LogP contribution in [0.1, 0.15) is 89.3 Å². The van der Waals surface area contributed by atoms with E-state index in [0.29, 0.717) is 25.3 Å². The van der Waals surface area contributed by atoms with Gasteiger partial charge in [-0.1, -0.05) is 31.0 Å². The lowest BCUT2D eigenvalue weighted by molar-refractivity contribution is -0.139. The molecule has 0 spiro atoms. The van der Waals surface area contributed by atoms with E-state index < -0.39 is 35.1 Å². The van der Waals surface area contributed by atoms with Gasteiger partial charge in [0, 0.05) is 43.5 Å². The maximum absolute atomic E-state index is 13.9. The molecular weight excluding hydrogens is 591 g/mol. The SMILES string of the molecule is O=C1CCC(N2C(=O)c3cccc(NCc4cnn(C5CCN(C(=O)C6(c7ccc(F)cc7)CCCC6)CC5)c4)c3C2=O)C(=O)N1. The number of rotatable bonds is 7. The van der Waals surface area contributed by atoms with Gasteiger partial charge in [-0.15, -0.1) is 0 Å². The molecule has 7 rings (SSSR count). The molecule has 1 aromatic heterocycles. The number of carbonyl (C=O) groups excluding carboxylic acids is 5. The molecule has 46 heavy (non-hydrogen) atoms. The van der Waals surface area contributed by atoms with E-state index >= 15 is 0 Å². The van der Waals surface area contributed by atoms with Crippen molar-refractivity contribution in [3.63, 3.8) is 0 Å². The van der Waals surface area contributed by atoms with E-state index in [1.807, 2.05) is 15.8 Å². The molecule has 1 saturated carbocycles. The number of likely N-dealkylation sites (tertiary alicyclic amines) is 1. The maximum Gasteiger partial charge on any atom is 0.264 e. The van der Waals surface area contributed by atoms with E-state index in [1.165, 1.54) is 12.1 Å². The van der Waals surface area contributed by atoms with Gasteiger partial charge in [-0.05, 0) is 61.9 Å². The Morgan fingerprint density at radius 2 is 1.72 bits per heavy atom. The van der Waals surface area contributed by atoms with Gasteiger partial charge in [-0.2, -0.15) is 5.10 Å². The van der Waals surface area contributed by atoms with Gasteiger partial charge in [0.05, 0.1) is 28.8 Å². The van der Waals surface area contributed by atoms with Crippen LogP contribution in [-0.4, -0.2) is 68.2 Å². The average molecular weight is 627 g/mol. The molecule has 3 aliphatic heterocycles. The third kappa shape index (κ3) is 5.15. The number of halogens is 1. The zero-order valence-electron chi connectivity index (χ0n) is 25.3. The molecule has 1 atom stereocenters. The van der Waals surface area contributed by atoms with Gasteiger partial charge in [0.25, 0.3) is 11.8 Å². The van der Waals surface area contributed by atoms with Crippen LogP contribution in [0.25, 0.3) is 0 Å². The lowest BCUT2D eigenvalue weighted by atomic mass is 9.77. The topological polar surface area (TPSA) is 134 Å². The summed E-state index contributed by atoms with van der Waals surface area (Å²) in [6.07, 6.45) is 8.94. The van der Waals surface area contributed by atoms with Crippen LogP contribution in [0.15, 0.2) is 54.9 Å². The number of nitrogens with one attached hydrogen (secondary N) is 2. The molecule has 2 saturated heterocycles. The van der Waals surface area contributed by atoms with Crippen LogP contribution in [0, 0.1) is 5.82 Å². The van der Waals surface area contributed by atoms with E-state index in [-0.39, 0.29) is 41.7 Å². The van der Waals surface area contributed by atoms with Crippen molar-refractivity contribution in [2.75, 3.05) is 18.4 Å². The first-order valence-corrected chi connectivity index (χ1v) is 15.9. The second-order valence-corrected chi connectivity index (χ2v) is 12.7. The van der Waals surface area contributed by atoms with Crippen molar-refractivity contribution in [3.05, 3.63) is 82.9 Å². The molecule has 2 N–H and O–H groups in total. The number of amides is 5. The highest BCUT2D eigenvalue weighted by molar-refractivity contribution is 6.25. The van der Waals surface area contributed by atoms with Crippen molar-refractivity contribution in [3.8, 4) is 0 Å². The fourth-order valence-corrected chi connectivity index (χ4v) is 7.54. The summed E-state index contributed by atoms with van der Waals surface area (Å²) in [4.78, 5) is 67.3. The number of benzene rings is 2. The number of aromatic nitrogens is 2. The van der Waals surface area contributed by atoms with Gasteiger partial charge in [-0.25, -0.2) is 4.39 Å². The summed E-state index contributed by atoms with van der Waals surface area (Å²) in [5.74, 6) is -2.33. The number of fused-ring (bicyclic) bond motifs is 1. The molecule has 11 nitrogen and oxygen atoms in total. The van der Waals surface area contributed by atoms with Crippen LogP contribution in [0.4, 0.5) is 10.1 Å². The van der Waals surface area contributed by atoms with Crippen LogP contribution in [-0.2, 0) is 26.3 Å². The highest BCUT2D eigenvalue weighted by atomic mass is 19.1. The monoisotopic (exact) mass is 626 g/mol. The molecule has 238 valence electrons. The predicted octanol–water partition coefficient (Wildman–Crippen LogP) is 3.71. The van der Waals surface area contributed by atoms with E-state index in [0.717, 1.165) is 54.6 Å².